The first-order valence-corrected chi connectivity index (χ1v) is 5.95. The number of rotatable bonds is 3. The maximum atomic E-state index is 10.5. The van der Waals surface area contributed by atoms with Gasteiger partial charge in [-0.1, -0.05) is 13.8 Å². The number of hydrogen-bond acceptors (Lipinski definition) is 5. The number of nitro groups is 1. The molecule has 0 amide bonds. The van der Waals surface area contributed by atoms with E-state index in [2.05, 4.69) is 5.10 Å². The molecule has 0 radical (unpaired) electrons. The third-order valence-corrected chi connectivity index (χ3v) is 2.29. The highest BCUT2D eigenvalue weighted by Gasteiger charge is 2.33. The molecular weight excluding hydrogens is 238 g/mol. The van der Waals surface area contributed by atoms with Gasteiger partial charge < -0.3 is 9.47 Å². The molecule has 1 aromatic heterocycles. The van der Waals surface area contributed by atoms with Crippen LogP contribution in [0, 0.1) is 10.1 Å². The fourth-order valence-electron chi connectivity index (χ4n) is 1.61. The molecule has 1 atom stereocenters. The molecule has 0 bridgehead atoms. The van der Waals surface area contributed by atoms with Gasteiger partial charge in [-0.15, -0.1) is 0 Å². The van der Waals surface area contributed by atoms with Crippen LogP contribution in [0.2, 0.25) is 0 Å². The van der Waals surface area contributed by atoms with Crippen molar-refractivity contribution in [3.05, 3.63) is 22.5 Å². The lowest BCUT2D eigenvalue weighted by Crippen LogP contribution is -2.24. The lowest BCUT2D eigenvalue weighted by atomic mass is 10.4. The predicted octanol–water partition coefficient (Wildman–Crippen LogP) is 1.97. The molecular formula is C11H19N3O4. The first-order valence-electron chi connectivity index (χ1n) is 5.95. The first-order chi connectivity index (χ1) is 8.46. The van der Waals surface area contributed by atoms with Crippen molar-refractivity contribution >= 4 is 5.69 Å². The predicted molar refractivity (Wildman–Crippen MR) is 65.1 cm³/mol. The summed E-state index contributed by atoms with van der Waals surface area (Å²) in [6.45, 7) is 8.59. The average Bonchev–Trinajstić information content (AvgIpc) is 2.89. The van der Waals surface area contributed by atoms with E-state index in [0.717, 1.165) is 0 Å². The summed E-state index contributed by atoms with van der Waals surface area (Å²) >= 11 is 0. The quantitative estimate of drug-likeness (QED) is 0.611. The zero-order valence-corrected chi connectivity index (χ0v) is 11.1. The van der Waals surface area contributed by atoms with Crippen molar-refractivity contribution in [2.24, 2.45) is 0 Å². The van der Waals surface area contributed by atoms with Crippen molar-refractivity contribution in [1.29, 1.82) is 0 Å². The van der Waals surface area contributed by atoms with Crippen LogP contribution in [0.4, 0.5) is 5.69 Å². The molecule has 0 saturated carbocycles. The summed E-state index contributed by atoms with van der Waals surface area (Å²) in [5.74, 6) is -0.580. The van der Waals surface area contributed by atoms with Crippen LogP contribution in [0.5, 0.6) is 0 Å². The van der Waals surface area contributed by atoms with Gasteiger partial charge in [0.1, 0.15) is 18.5 Å². The fourth-order valence-corrected chi connectivity index (χ4v) is 1.61. The molecule has 0 aliphatic carbocycles. The SMILES string of the molecule is CC.CC1(C)OCC(Cn2cc([N+](=O)[O-])cn2)O1. The largest absolute Gasteiger partial charge is 0.348 e. The Kier molecular flexibility index (Phi) is 4.80. The van der Waals surface area contributed by atoms with Crippen LogP contribution in [-0.2, 0) is 16.0 Å². The molecule has 0 aromatic carbocycles. The standard InChI is InChI=1S/C9H13N3O4.C2H6/c1-9(2)15-6-8(16-9)5-11-4-7(3-10-11)12(13)14;1-2/h3-4,8H,5-6H2,1-2H3;1-2H3. The molecule has 1 saturated heterocycles. The Morgan fingerprint density at radius 1 is 1.61 bits per heavy atom. The Morgan fingerprint density at radius 2 is 2.28 bits per heavy atom. The lowest BCUT2D eigenvalue weighted by molar-refractivity contribution is -0.385. The van der Waals surface area contributed by atoms with Crippen molar-refractivity contribution in [3.63, 3.8) is 0 Å². The van der Waals surface area contributed by atoms with Crippen molar-refractivity contribution < 1.29 is 14.4 Å². The third-order valence-electron chi connectivity index (χ3n) is 2.29. The lowest BCUT2D eigenvalue weighted by Gasteiger charge is -2.16. The monoisotopic (exact) mass is 257 g/mol. The maximum Gasteiger partial charge on any atom is 0.306 e. The van der Waals surface area contributed by atoms with E-state index in [0.29, 0.717) is 13.2 Å². The highest BCUT2D eigenvalue weighted by Crippen LogP contribution is 2.23. The number of aromatic nitrogens is 2. The molecule has 1 aliphatic rings. The summed E-state index contributed by atoms with van der Waals surface area (Å²) in [6, 6.07) is 0. The van der Waals surface area contributed by atoms with Gasteiger partial charge in [0.05, 0.1) is 18.1 Å². The van der Waals surface area contributed by atoms with Crippen LogP contribution in [-0.4, -0.2) is 33.2 Å². The topological polar surface area (TPSA) is 79.4 Å². The fraction of sp³-hybridized carbons (Fsp3) is 0.727. The average molecular weight is 257 g/mol. The first kappa shape index (κ1) is 14.6. The third kappa shape index (κ3) is 3.78. The summed E-state index contributed by atoms with van der Waals surface area (Å²) in [6.07, 6.45) is 2.49. The van der Waals surface area contributed by atoms with Crippen molar-refractivity contribution in [1.82, 2.24) is 9.78 Å². The minimum Gasteiger partial charge on any atom is -0.348 e. The zero-order valence-electron chi connectivity index (χ0n) is 11.1. The molecule has 2 rings (SSSR count). The van der Waals surface area contributed by atoms with Crippen molar-refractivity contribution in [3.8, 4) is 0 Å². The van der Waals surface area contributed by atoms with Crippen LogP contribution in [0.1, 0.15) is 27.7 Å². The van der Waals surface area contributed by atoms with E-state index in [9.17, 15) is 10.1 Å². The Labute approximate surface area is 106 Å². The molecule has 18 heavy (non-hydrogen) atoms. The summed E-state index contributed by atoms with van der Waals surface area (Å²) in [4.78, 5) is 9.98. The van der Waals surface area contributed by atoms with E-state index in [1.54, 1.807) is 0 Å². The zero-order chi connectivity index (χ0) is 13.8. The van der Waals surface area contributed by atoms with Gasteiger partial charge in [0, 0.05) is 0 Å². The number of ether oxygens (including phenoxy) is 2. The Hall–Kier alpha value is -1.47. The van der Waals surface area contributed by atoms with Gasteiger partial charge >= 0.3 is 5.69 Å². The van der Waals surface area contributed by atoms with Crippen LogP contribution >= 0.6 is 0 Å². The molecule has 0 spiro atoms. The molecule has 0 N–H and O–H groups in total. The normalized spacial score (nSPS) is 21.2. The summed E-state index contributed by atoms with van der Waals surface area (Å²) in [5.41, 5.74) is -0.0156. The molecule has 1 unspecified atom stereocenters. The van der Waals surface area contributed by atoms with E-state index < -0.39 is 10.7 Å². The van der Waals surface area contributed by atoms with Crippen LogP contribution in [0.15, 0.2) is 12.4 Å². The molecule has 1 aliphatic heterocycles. The van der Waals surface area contributed by atoms with Gasteiger partial charge in [-0.05, 0) is 13.8 Å². The van der Waals surface area contributed by atoms with E-state index in [-0.39, 0.29) is 11.8 Å². The van der Waals surface area contributed by atoms with Crippen molar-refractivity contribution in [2.75, 3.05) is 6.61 Å². The van der Waals surface area contributed by atoms with E-state index >= 15 is 0 Å². The minimum atomic E-state index is -0.580. The molecule has 102 valence electrons. The van der Waals surface area contributed by atoms with Gasteiger partial charge in [-0.3, -0.25) is 14.8 Å². The molecule has 1 aromatic rings. The van der Waals surface area contributed by atoms with Gasteiger partial charge in [0.2, 0.25) is 0 Å². The Bertz CT molecular complexity index is 403. The Balaban J connectivity index is 0.000000771. The van der Waals surface area contributed by atoms with E-state index in [1.165, 1.54) is 17.1 Å². The van der Waals surface area contributed by atoms with Crippen LogP contribution < -0.4 is 0 Å². The second-order valence-corrected chi connectivity index (χ2v) is 4.13. The smallest absolute Gasteiger partial charge is 0.306 e. The van der Waals surface area contributed by atoms with Crippen molar-refractivity contribution in [2.45, 2.75) is 46.1 Å². The highest BCUT2D eigenvalue weighted by molar-refractivity contribution is 5.20. The number of nitrogens with zero attached hydrogens (tertiary/aromatic N) is 3. The minimum absolute atomic E-state index is 0.0156. The van der Waals surface area contributed by atoms with Gasteiger partial charge in [0.15, 0.2) is 5.79 Å². The highest BCUT2D eigenvalue weighted by atomic mass is 16.7. The molecule has 7 heteroatoms. The molecule has 2 heterocycles. The van der Waals surface area contributed by atoms with Crippen LogP contribution in [0.25, 0.3) is 0 Å². The summed E-state index contributed by atoms with van der Waals surface area (Å²) in [5, 5.41) is 14.3. The van der Waals surface area contributed by atoms with Crippen LogP contribution in [0.3, 0.4) is 0 Å². The van der Waals surface area contributed by atoms with E-state index in [1.807, 2.05) is 27.7 Å². The van der Waals surface area contributed by atoms with Gasteiger partial charge in [-0.25, -0.2) is 0 Å². The van der Waals surface area contributed by atoms with Gasteiger partial charge in [0.25, 0.3) is 0 Å². The number of hydrogen-bond donors (Lipinski definition) is 0. The summed E-state index contributed by atoms with van der Waals surface area (Å²) < 4.78 is 12.4. The second-order valence-electron chi connectivity index (χ2n) is 4.13. The Morgan fingerprint density at radius 3 is 2.72 bits per heavy atom. The van der Waals surface area contributed by atoms with E-state index in [4.69, 9.17) is 9.47 Å². The summed E-state index contributed by atoms with van der Waals surface area (Å²) in [7, 11) is 0. The molecule has 7 nitrogen and oxygen atoms in total. The maximum absolute atomic E-state index is 10.5. The van der Waals surface area contributed by atoms with Gasteiger partial charge in [-0.2, -0.15) is 5.10 Å². The second kappa shape index (κ2) is 5.92. The molecule has 1 fully saturated rings.